The van der Waals surface area contributed by atoms with Crippen LogP contribution in [0.5, 0.6) is 11.5 Å². The topological polar surface area (TPSA) is 52.4 Å². The standard InChI is InChI=1S/C16H16FNO3/c1-2-3-4-12-5-7-15(8-6-12)21-16-10-13(17)9-14(11-16)18(19)20/h5-11H,2-4H2,1H3. The fourth-order valence-electron chi connectivity index (χ4n) is 1.95. The number of halogens is 1. The maximum atomic E-state index is 13.3. The van der Waals surface area contributed by atoms with Gasteiger partial charge in [0.1, 0.15) is 17.3 Å². The van der Waals surface area contributed by atoms with Crippen LogP contribution in [0.2, 0.25) is 0 Å². The number of nitro groups is 1. The minimum atomic E-state index is -0.696. The summed E-state index contributed by atoms with van der Waals surface area (Å²) >= 11 is 0. The highest BCUT2D eigenvalue weighted by atomic mass is 19.1. The molecule has 0 aromatic heterocycles. The molecule has 2 aromatic rings. The fraction of sp³-hybridized carbons (Fsp3) is 0.250. The van der Waals surface area contributed by atoms with Crippen LogP contribution >= 0.6 is 0 Å². The summed E-state index contributed by atoms with van der Waals surface area (Å²) in [6.07, 6.45) is 3.25. The van der Waals surface area contributed by atoms with Gasteiger partial charge < -0.3 is 4.74 Å². The molecular weight excluding hydrogens is 273 g/mol. The molecule has 2 rings (SSSR count). The number of benzene rings is 2. The first kappa shape index (κ1) is 15.0. The number of aryl methyl sites for hydroxylation is 1. The van der Waals surface area contributed by atoms with Crippen molar-refractivity contribution in [3.05, 3.63) is 64.0 Å². The first-order valence-electron chi connectivity index (χ1n) is 6.80. The second kappa shape index (κ2) is 6.83. The molecule has 0 aliphatic carbocycles. The molecule has 0 heterocycles. The van der Waals surface area contributed by atoms with E-state index in [1.165, 1.54) is 11.6 Å². The molecule has 0 spiro atoms. The van der Waals surface area contributed by atoms with E-state index in [9.17, 15) is 14.5 Å². The lowest BCUT2D eigenvalue weighted by Gasteiger charge is -2.07. The Kier molecular flexibility index (Phi) is 4.87. The van der Waals surface area contributed by atoms with E-state index in [-0.39, 0.29) is 11.4 Å². The van der Waals surface area contributed by atoms with Gasteiger partial charge in [-0.05, 0) is 30.5 Å². The van der Waals surface area contributed by atoms with Crippen molar-refractivity contribution >= 4 is 5.69 Å². The number of non-ortho nitro benzene ring substituents is 1. The van der Waals surface area contributed by atoms with E-state index in [1.54, 1.807) is 12.1 Å². The predicted octanol–water partition coefficient (Wildman–Crippen LogP) is 4.87. The molecule has 0 saturated carbocycles. The third-order valence-corrected chi connectivity index (χ3v) is 3.04. The zero-order chi connectivity index (χ0) is 15.2. The van der Waals surface area contributed by atoms with Crippen LogP contribution in [0.15, 0.2) is 42.5 Å². The summed E-state index contributed by atoms with van der Waals surface area (Å²) < 4.78 is 18.8. The highest BCUT2D eigenvalue weighted by Crippen LogP contribution is 2.27. The van der Waals surface area contributed by atoms with Crippen LogP contribution < -0.4 is 4.74 Å². The van der Waals surface area contributed by atoms with Crippen molar-refractivity contribution in [3.8, 4) is 11.5 Å². The number of rotatable bonds is 6. The van der Waals surface area contributed by atoms with E-state index < -0.39 is 10.7 Å². The van der Waals surface area contributed by atoms with Gasteiger partial charge in [0.25, 0.3) is 5.69 Å². The second-order valence-corrected chi connectivity index (χ2v) is 4.75. The van der Waals surface area contributed by atoms with Crippen LogP contribution in [0.3, 0.4) is 0 Å². The number of ether oxygens (including phenoxy) is 1. The minimum absolute atomic E-state index is 0.114. The van der Waals surface area contributed by atoms with Crippen molar-refractivity contribution in [1.29, 1.82) is 0 Å². The maximum absolute atomic E-state index is 13.3. The molecule has 0 radical (unpaired) electrons. The highest BCUT2D eigenvalue weighted by Gasteiger charge is 2.11. The summed E-state index contributed by atoms with van der Waals surface area (Å²) in [5.74, 6) is -0.0584. The Labute approximate surface area is 122 Å². The molecule has 2 aromatic carbocycles. The molecule has 0 saturated heterocycles. The van der Waals surface area contributed by atoms with Gasteiger partial charge in [-0.1, -0.05) is 25.5 Å². The Morgan fingerprint density at radius 1 is 1.14 bits per heavy atom. The normalized spacial score (nSPS) is 10.4. The molecule has 110 valence electrons. The summed E-state index contributed by atoms with van der Waals surface area (Å²) in [4.78, 5) is 10.0. The Morgan fingerprint density at radius 2 is 1.86 bits per heavy atom. The van der Waals surface area contributed by atoms with E-state index >= 15 is 0 Å². The molecule has 0 unspecified atom stereocenters. The first-order valence-corrected chi connectivity index (χ1v) is 6.80. The largest absolute Gasteiger partial charge is 0.457 e. The Morgan fingerprint density at radius 3 is 2.48 bits per heavy atom. The van der Waals surface area contributed by atoms with Crippen LogP contribution in [0, 0.1) is 15.9 Å². The van der Waals surface area contributed by atoms with Gasteiger partial charge in [0.15, 0.2) is 0 Å². The van der Waals surface area contributed by atoms with Crippen molar-refractivity contribution in [3.63, 3.8) is 0 Å². The van der Waals surface area contributed by atoms with Gasteiger partial charge in [-0.25, -0.2) is 4.39 Å². The van der Waals surface area contributed by atoms with Gasteiger partial charge in [-0.2, -0.15) is 0 Å². The molecule has 4 nitrogen and oxygen atoms in total. The second-order valence-electron chi connectivity index (χ2n) is 4.75. The van der Waals surface area contributed by atoms with Crippen LogP contribution in [-0.2, 0) is 6.42 Å². The molecule has 5 heteroatoms. The molecule has 0 fully saturated rings. The van der Waals surface area contributed by atoms with E-state index in [0.29, 0.717) is 5.75 Å². The predicted molar refractivity (Wildman–Crippen MR) is 78.2 cm³/mol. The molecule has 21 heavy (non-hydrogen) atoms. The van der Waals surface area contributed by atoms with Crippen molar-refractivity contribution in [2.45, 2.75) is 26.2 Å². The highest BCUT2D eigenvalue weighted by molar-refractivity contribution is 5.41. The maximum Gasteiger partial charge on any atom is 0.276 e. The quantitative estimate of drug-likeness (QED) is 0.563. The summed E-state index contributed by atoms with van der Waals surface area (Å²) in [5.41, 5.74) is 0.874. The molecule has 0 atom stereocenters. The summed E-state index contributed by atoms with van der Waals surface area (Å²) in [6.45, 7) is 2.13. The zero-order valence-corrected chi connectivity index (χ0v) is 11.7. The Bertz CT molecular complexity index is 626. The molecule has 0 aliphatic heterocycles. The molecule has 0 bridgehead atoms. The average molecular weight is 289 g/mol. The fourth-order valence-corrected chi connectivity index (χ4v) is 1.95. The van der Waals surface area contributed by atoms with Crippen LogP contribution in [0.4, 0.5) is 10.1 Å². The summed E-state index contributed by atoms with van der Waals surface area (Å²) in [5, 5.41) is 10.7. The number of hydrogen-bond acceptors (Lipinski definition) is 3. The van der Waals surface area contributed by atoms with E-state index in [4.69, 9.17) is 4.74 Å². The van der Waals surface area contributed by atoms with Crippen molar-refractivity contribution in [1.82, 2.24) is 0 Å². The summed E-state index contributed by atoms with van der Waals surface area (Å²) in [7, 11) is 0. The van der Waals surface area contributed by atoms with Gasteiger partial charge in [0.05, 0.1) is 17.1 Å². The lowest BCUT2D eigenvalue weighted by atomic mass is 10.1. The van der Waals surface area contributed by atoms with Gasteiger partial charge in [0.2, 0.25) is 0 Å². The third-order valence-electron chi connectivity index (χ3n) is 3.04. The first-order chi connectivity index (χ1) is 10.1. The van der Waals surface area contributed by atoms with Crippen LogP contribution in [-0.4, -0.2) is 4.92 Å². The van der Waals surface area contributed by atoms with Crippen molar-refractivity contribution in [2.75, 3.05) is 0 Å². The molecule has 0 N–H and O–H groups in total. The van der Waals surface area contributed by atoms with Crippen LogP contribution in [0.1, 0.15) is 25.3 Å². The Hall–Kier alpha value is -2.43. The van der Waals surface area contributed by atoms with Gasteiger partial charge >= 0.3 is 0 Å². The molecular formula is C16H16FNO3. The molecule has 0 aliphatic rings. The number of nitrogens with zero attached hydrogens (tertiary/aromatic N) is 1. The number of nitro benzene ring substituents is 1. The average Bonchev–Trinajstić information content (AvgIpc) is 2.46. The minimum Gasteiger partial charge on any atom is -0.457 e. The van der Waals surface area contributed by atoms with Crippen molar-refractivity contribution in [2.24, 2.45) is 0 Å². The third kappa shape index (κ3) is 4.27. The summed E-state index contributed by atoms with van der Waals surface area (Å²) in [6, 6.07) is 10.6. The Balaban J connectivity index is 2.12. The van der Waals surface area contributed by atoms with E-state index in [2.05, 4.69) is 6.92 Å². The van der Waals surface area contributed by atoms with Gasteiger partial charge in [-0.3, -0.25) is 10.1 Å². The van der Waals surface area contributed by atoms with E-state index in [0.717, 1.165) is 31.4 Å². The monoisotopic (exact) mass is 289 g/mol. The van der Waals surface area contributed by atoms with Gasteiger partial charge in [-0.15, -0.1) is 0 Å². The van der Waals surface area contributed by atoms with E-state index in [1.807, 2.05) is 12.1 Å². The lowest BCUT2D eigenvalue weighted by Crippen LogP contribution is -1.92. The zero-order valence-electron chi connectivity index (χ0n) is 11.7. The number of hydrogen-bond donors (Lipinski definition) is 0. The van der Waals surface area contributed by atoms with Crippen LogP contribution in [0.25, 0.3) is 0 Å². The van der Waals surface area contributed by atoms with Gasteiger partial charge in [0, 0.05) is 6.07 Å². The SMILES string of the molecule is CCCCc1ccc(Oc2cc(F)cc([N+](=O)[O-])c2)cc1. The molecule has 0 amide bonds. The lowest BCUT2D eigenvalue weighted by molar-refractivity contribution is -0.385. The van der Waals surface area contributed by atoms with Crippen molar-refractivity contribution < 1.29 is 14.1 Å². The number of unbranched alkanes of at least 4 members (excludes halogenated alkanes) is 1. The smallest absolute Gasteiger partial charge is 0.276 e.